The lowest BCUT2D eigenvalue weighted by atomic mass is 10.4. The van der Waals surface area contributed by atoms with Crippen LogP contribution in [0, 0.1) is 0 Å². The van der Waals surface area contributed by atoms with Gasteiger partial charge in [-0.1, -0.05) is 25.1 Å². The zero-order chi connectivity index (χ0) is 9.68. The number of unbranched alkanes of at least 4 members (excludes halogenated alkanes) is 1. The minimum absolute atomic E-state index is 0.193. The maximum atomic E-state index is 11.2. The van der Waals surface area contributed by atoms with Crippen LogP contribution in [-0.4, -0.2) is 35.1 Å². The predicted molar refractivity (Wildman–Crippen MR) is 50.8 cm³/mol. The Bertz CT molecular complexity index is 208. The molecule has 0 N–H and O–H groups in total. The third-order valence-corrected chi connectivity index (χ3v) is 2.56. The highest BCUT2D eigenvalue weighted by Crippen LogP contribution is 2.17. The fraction of sp³-hybridized carbons (Fsp3) is 0.750. The molecule has 0 saturated carbocycles. The van der Waals surface area contributed by atoms with Gasteiger partial charge in [0.25, 0.3) is 5.24 Å². The summed E-state index contributed by atoms with van der Waals surface area (Å²) in [5, 5.41) is -0.193. The van der Waals surface area contributed by atoms with Gasteiger partial charge in [0, 0.05) is 12.3 Å². The second-order valence-electron chi connectivity index (χ2n) is 2.73. The van der Waals surface area contributed by atoms with Gasteiger partial charge in [0.05, 0.1) is 6.61 Å². The molecule has 13 heavy (non-hydrogen) atoms. The normalized spacial score (nSPS) is 16.4. The fourth-order valence-electron chi connectivity index (χ4n) is 0.941. The Morgan fingerprint density at radius 2 is 2.46 bits per heavy atom. The smallest absolute Gasteiger partial charge is 0.417 e. The van der Waals surface area contributed by atoms with Crippen molar-refractivity contribution in [2.45, 2.75) is 19.8 Å². The minimum Gasteiger partial charge on any atom is -0.449 e. The highest BCUT2D eigenvalue weighted by Gasteiger charge is 2.28. The highest BCUT2D eigenvalue weighted by molar-refractivity contribution is 8.13. The molecule has 0 unspecified atom stereocenters. The van der Waals surface area contributed by atoms with Gasteiger partial charge < -0.3 is 4.74 Å². The third-order valence-electron chi connectivity index (χ3n) is 1.70. The number of thioether (sulfide) groups is 1. The molecule has 0 aliphatic carbocycles. The van der Waals surface area contributed by atoms with E-state index in [0.717, 1.165) is 29.5 Å². The van der Waals surface area contributed by atoms with Crippen molar-refractivity contribution in [3.05, 3.63) is 0 Å². The van der Waals surface area contributed by atoms with Crippen LogP contribution >= 0.6 is 11.8 Å². The standard InChI is InChI=1S/C8H13NO3S/c1-2-3-5-12-7(10)9-4-6-13-8(9)11/h2-6H2,1H3. The van der Waals surface area contributed by atoms with Gasteiger partial charge in [-0.3, -0.25) is 4.79 Å². The van der Waals surface area contributed by atoms with Crippen molar-refractivity contribution in [3.8, 4) is 0 Å². The number of carbonyl (C=O) groups excluding carboxylic acids is 2. The molecule has 2 amide bonds. The lowest BCUT2D eigenvalue weighted by molar-refractivity contribution is 0.116. The molecule has 0 bridgehead atoms. The van der Waals surface area contributed by atoms with Crippen molar-refractivity contribution in [3.63, 3.8) is 0 Å². The number of hydrogen-bond donors (Lipinski definition) is 0. The molecule has 1 fully saturated rings. The fourth-order valence-corrected chi connectivity index (χ4v) is 1.71. The predicted octanol–water partition coefficient (Wildman–Crippen LogP) is 2.09. The molecular weight excluding hydrogens is 190 g/mol. The van der Waals surface area contributed by atoms with E-state index >= 15 is 0 Å². The van der Waals surface area contributed by atoms with Crippen molar-refractivity contribution in [1.82, 2.24) is 4.90 Å². The van der Waals surface area contributed by atoms with Crippen molar-refractivity contribution in [2.75, 3.05) is 18.9 Å². The molecule has 0 aromatic heterocycles. The van der Waals surface area contributed by atoms with E-state index in [2.05, 4.69) is 0 Å². The Hall–Kier alpha value is -0.710. The highest BCUT2D eigenvalue weighted by atomic mass is 32.2. The summed E-state index contributed by atoms with van der Waals surface area (Å²) >= 11 is 1.16. The molecule has 5 heteroatoms. The van der Waals surface area contributed by atoms with Crippen LogP contribution < -0.4 is 0 Å². The van der Waals surface area contributed by atoms with Crippen molar-refractivity contribution < 1.29 is 14.3 Å². The van der Waals surface area contributed by atoms with E-state index < -0.39 is 6.09 Å². The number of nitrogens with zero attached hydrogens (tertiary/aromatic N) is 1. The zero-order valence-electron chi connectivity index (χ0n) is 7.62. The molecule has 1 rings (SSSR count). The number of ether oxygens (including phenoxy) is 1. The summed E-state index contributed by atoms with van der Waals surface area (Å²) in [6.45, 7) is 2.91. The van der Waals surface area contributed by atoms with Gasteiger partial charge in [-0.05, 0) is 6.42 Å². The first-order valence-corrected chi connectivity index (χ1v) is 5.35. The van der Waals surface area contributed by atoms with E-state index in [9.17, 15) is 9.59 Å². The summed E-state index contributed by atoms with van der Waals surface area (Å²) in [5.41, 5.74) is 0. The molecule has 1 aliphatic rings. The number of rotatable bonds is 3. The second-order valence-corrected chi connectivity index (χ2v) is 3.78. The van der Waals surface area contributed by atoms with Crippen LogP contribution in [0.3, 0.4) is 0 Å². The van der Waals surface area contributed by atoms with Crippen LogP contribution in [0.1, 0.15) is 19.8 Å². The average Bonchev–Trinajstić information content (AvgIpc) is 2.52. The molecule has 1 heterocycles. The van der Waals surface area contributed by atoms with Crippen LogP contribution in [0.5, 0.6) is 0 Å². The Labute approximate surface area is 81.6 Å². The van der Waals surface area contributed by atoms with Gasteiger partial charge in [-0.15, -0.1) is 0 Å². The molecule has 74 valence electrons. The van der Waals surface area contributed by atoms with Gasteiger partial charge in [0.1, 0.15) is 0 Å². The molecule has 0 radical (unpaired) electrons. The van der Waals surface area contributed by atoms with E-state index in [1.165, 1.54) is 0 Å². The van der Waals surface area contributed by atoms with Gasteiger partial charge in [-0.25, -0.2) is 9.69 Å². The van der Waals surface area contributed by atoms with Gasteiger partial charge in [0.15, 0.2) is 0 Å². The Kier molecular flexibility index (Phi) is 4.08. The number of hydrogen-bond acceptors (Lipinski definition) is 4. The lowest BCUT2D eigenvalue weighted by Gasteiger charge is -2.11. The lowest BCUT2D eigenvalue weighted by Crippen LogP contribution is -2.31. The summed E-state index contributed by atoms with van der Waals surface area (Å²) in [7, 11) is 0. The maximum absolute atomic E-state index is 11.2. The SMILES string of the molecule is CCCCOC(=O)N1CCSC1=O. The summed E-state index contributed by atoms with van der Waals surface area (Å²) in [6, 6.07) is 0. The topological polar surface area (TPSA) is 46.6 Å². The van der Waals surface area contributed by atoms with Crippen LogP contribution in [-0.2, 0) is 4.74 Å². The average molecular weight is 203 g/mol. The van der Waals surface area contributed by atoms with E-state index in [1.54, 1.807) is 0 Å². The quantitative estimate of drug-likeness (QED) is 0.659. The molecule has 0 aromatic carbocycles. The third kappa shape index (κ3) is 2.91. The Morgan fingerprint density at radius 1 is 1.69 bits per heavy atom. The maximum Gasteiger partial charge on any atom is 0.417 e. The number of imide groups is 1. The second kappa shape index (κ2) is 5.11. The summed E-state index contributed by atoms with van der Waals surface area (Å²) < 4.78 is 4.89. The number of amides is 2. The molecule has 1 aliphatic heterocycles. The van der Waals surface area contributed by atoms with Crippen molar-refractivity contribution in [2.24, 2.45) is 0 Å². The van der Waals surface area contributed by atoms with Gasteiger partial charge in [0.2, 0.25) is 0 Å². The van der Waals surface area contributed by atoms with Crippen LogP contribution in [0.25, 0.3) is 0 Å². The Morgan fingerprint density at radius 3 is 3.00 bits per heavy atom. The molecular formula is C8H13NO3S. The Balaban J connectivity index is 2.26. The molecule has 0 aromatic rings. The van der Waals surface area contributed by atoms with E-state index in [4.69, 9.17) is 4.74 Å². The summed E-state index contributed by atoms with van der Waals surface area (Å²) in [6.07, 6.45) is 1.33. The minimum atomic E-state index is -0.497. The van der Waals surface area contributed by atoms with Gasteiger partial charge >= 0.3 is 6.09 Å². The zero-order valence-corrected chi connectivity index (χ0v) is 8.43. The number of carbonyl (C=O) groups is 2. The van der Waals surface area contributed by atoms with E-state index in [1.807, 2.05) is 6.92 Å². The van der Waals surface area contributed by atoms with Crippen LogP contribution in [0.15, 0.2) is 0 Å². The first-order valence-electron chi connectivity index (χ1n) is 4.36. The first-order chi connectivity index (χ1) is 6.25. The van der Waals surface area contributed by atoms with E-state index in [-0.39, 0.29) is 5.24 Å². The van der Waals surface area contributed by atoms with Crippen molar-refractivity contribution >= 4 is 23.1 Å². The van der Waals surface area contributed by atoms with Gasteiger partial charge in [-0.2, -0.15) is 0 Å². The van der Waals surface area contributed by atoms with Crippen LogP contribution in [0.2, 0.25) is 0 Å². The molecule has 0 atom stereocenters. The molecule has 4 nitrogen and oxygen atoms in total. The molecule has 1 saturated heterocycles. The molecule has 0 spiro atoms. The summed E-state index contributed by atoms with van der Waals surface area (Å²) in [4.78, 5) is 23.4. The monoisotopic (exact) mass is 203 g/mol. The first kappa shape index (κ1) is 10.4. The summed E-state index contributed by atoms with van der Waals surface area (Å²) in [5.74, 6) is 0.682. The van der Waals surface area contributed by atoms with Crippen molar-refractivity contribution in [1.29, 1.82) is 0 Å². The largest absolute Gasteiger partial charge is 0.449 e. The van der Waals surface area contributed by atoms with Crippen LogP contribution in [0.4, 0.5) is 9.59 Å². The van der Waals surface area contributed by atoms with E-state index in [0.29, 0.717) is 18.9 Å².